The number of hydrogen-bond donors (Lipinski definition) is 2. The normalized spacial score (nSPS) is 16.2. The fraction of sp³-hybridized carbons (Fsp3) is 0.467. The molecule has 0 heterocycles. The molecule has 1 fully saturated rings. The van der Waals surface area contributed by atoms with Gasteiger partial charge in [-0.05, 0) is 31.4 Å². The molecule has 1 aliphatic rings. The average molecular weight is 348 g/mol. The highest BCUT2D eigenvalue weighted by Crippen LogP contribution is 2.44. The predicted molar refractivity (Wildman–Crippen MR) is 76.4 cm³/mol. The molecule has 1 saturated carbocycles. The first kappa shape index (κ1) is 18.2. The Bertz CT molecular complexity index is 642. The maximum absolute atomic E-state index is 14.0. The number of nitrogens with zero attached hydrogens (tertiary/aromatic N) is 1. The van der Waals surface area contributed by atoms with Crippen LogP contribution in [0.2, 0.25) is 0 Å². The van der Waals surface area contributed by atoms with Crippen LogP contribution < -0.4 is 5.32 Å². The van der Waals surface area contributed by atoms with Gasteiger partial charge in [-0.3, -0.25) is 9.59 Å². The first-order valence-corrected chi connectivity index (χ1v) is 7.17. The minimum absolute atomic E-state index is 0.200. The van der Waals surface area contributed by atoms with Gasteiger partial charge in [0.25, 0.3) is 5.91 Å². The lowest BCUT2D eigenvalue weighted by atomic mass is 9.75. The van der Waals surface area contributed by atoms with Gasteiger partial charge in [0, 0.05) is 18.8 Å². The molecule has 2 rings (SSSR count). The van der Waals surface area contributed by atoms with Crippen molar-refractivity contribution in [3.05, 3.63) is 29.8 Å². The van der Waals surface area contributed by atoms with Crippen molar-refractivity contribution in [2.24, 2.45) is 0 Å². The highest BCUT2D eigenvalue weighted by molar-refractivity contribution is 5.95. The zero-order chi connectivity index (χ0) is 18.1. The maximum Gasteiger partial charge on any atom is 0.352 e. The van der Waals surface area contributed by atoms with Crippen LogP contribution in [0, 0.1) is 11.6 Å². The summed E-state index contributed by atoms with van der Waals surface area (Å²) in [7, 11) is 0.976. The lowest BCUT2D eigenvalue weighted by Gasteiger charge is -2.42. The minimum atomic E-state index is -4.01. The van der Waals surface area contributed by atoms with E-state index >= 15 is 0 Å². The van der Waals surface area contributed by atoms with Crippen molar-refractivity contribution < 1.29 is 32.3 Å². The summed E-state index contributed by atoms with van der Waals surface area (Å²) in [6, 6.07) is 2.29. The number of hydrogen-bond acceptors (Lipinski definition) is 3. The van der Waals surface area contributed by atoms with Crippen molar-refractivity contribution in [3.63, 3.8) is 0 Å². The van der Waals surface area contributed by atoms with E-state index in [1.54, 1.807) is 0 Å². The third kappa shape index (κ3) is 3.50. The average Bonchev–Trinajstić information content (AvgIpc) is 2.42. The van der Waals surface area contributed by atoms with Crippen molar-refractivity contribution >= 4 is 17.5 Å². The van der Waals surface area contributed by atoms with E-state index in [-0.39, 0.29) is 18.5 Å². The lowest BCUT2D eigenvalue weighted by molar-refractivity contribution is -0.222. The van der Waals surface area contributed by atoms with E-state index in [4.69, 9.17) is 0 Å². The smallest absolute Gasteiger partial charge is 0.352 e. The molecule has 0 bridgehead atoms. The summed E-state index contributed by atoms with van der Waals surface area (Å²) in [6.07, 6.45) is -0.0165. The summed E-state index contributed by atoms with van der Waals surface area (Å²) < 4.78 is 54.1. The molecule has 0 atom stereocenters. The van der Waals surface area contributed by atoms with E-state index in [0.717, 1.165) is 19.2 Å². The Kier molecular flexibility index (Phi) is 4.84. The number of anilines is 1. The number of halogens is 4. The Balaban J connectivity index is 1.99. The second-order valence-corrected chi connectivity index (χ2v) is 5.83. The van der Waals surface area contributed by atoms with Gasteiger partial charge in [0.1, 0.15) is 17.2 Å². The number of benzene rings is 1. The molecule has 5 nitrogen and oxygen atoms in total. The Morgan fingerprint density at radius 2 is 1.79 bits per heavy atom. The molecule has 0 radical (unpaired) electrons. The Morgan fingerprint density at radius 3 is 2.25 bits per heavy atom. The van der Waals surface area contributed by atoms with Crippen LogP contribution in [0.4, 0.5) is 23.2 Å². The van der Waals surface area contributed by atoms with Crippen molar-refractivity contribution in [1.82, 2.24) is 4.90 Å². The van der Waals surface area contributed by atoms with Gasteiger partial charge in [0.15, 0.2) is 0 Å². The zero-order valence-electron chi connectivity index (χ0n) is 12.8. The highest BCUT2D eigenvalue weighted by atomic mass is 19.3. The fourth-order valence-corrected chi connectivity index (χ4v) is 2.38. The lowest BCUT2D eigenvalue weighted by Crippen LogP contribution is -2.61. The molecule has 1 aromatic carbocycles. The Morgan fingerprint density at radius 1 is 1.25 bits per heavy atom. The van der Waals surface area contributed by atoms with E-state index in [0.29, 0.717) is 17.4 Å². The Labute approximate surface area is 135 Å². The quantitative estimate of drug-likeness (QED) is 0.799. The molecular weight excluding hydrogens is 332 g/mol. The molecule has 0 saturated heterocycles. The van der Waals surface area contributed by atoms with Crippen LogP contribution in [0.25, 0.3) is 0 Å². The topological polar surface area (TPSA) is 69.6 Å². The minimum Gasteiger partial charge on any atom is -0.383 e. The second kappa shape index (κ2) is 6.39. The van der Waals surface area contributed by atoms with Crippen LogP contribution in [0.1, 0.15) is 19.3 Å². The second-order valence-electron chi connectivity index (χ2n) is 5.83. The van der Waals surface area contributed by atoms with Crippen molar-refractivity contribution in [3.8, 4) is 0 Å². The summed E-state index contributed by atoms with van der Waals surface area (Å²) in [5.74, 6) is -8.45. The van der Waals surface area contributed by atoms with Crippen molar-refractivity contribution in [1.29, 1.82) is 0 Å². The number of aliphatic hydroxyl groups is 1. The van der Waals surface area contributed by atoms with E-state index in [2.05, 4.69) is 5.32 Å². The first-order chi connectivity index (χ1) is 11.0. The third-order valence-corrected chi connectivity index (χ3v) is 3.91. The van der Waals surface area contributed by atoms with Gasteiger partial charge in [-0.15, -0.1) is 0 Å². The first-order valence-electron chi connectivity index (χ1n) is 7.17. The van der Waals surface area contributed by atoms with Crippen LogP contribution in [-0.2, 0) is 9.59 Å². The highest BCUT2D eigenvalue weighted by Gasteiger charge is 2.62. The SMILES string of the molecule is CN(CC(=O)Nc1cc(F)cc(F)c1)C(=O)C(F)(F)C1(O)CCC1. The molecule has 2 N–H and O–H groups in total. The van der Waals surface area contributed by atoms with E-state index in [1.807, 2.05) is 0 Å². The van der Waals surface area contributed by atoms with Gasteiger partial charge in [-0.25, -0.2) is 8.78 Å². The Hall–Kier alpha value is -2.16. The fourth-order valence-electron chi connectivity index (χ4n) is 2.38. The molecule has 2 amide bonds. The van der Waals surface area contributed by atoms with Crippen LogP contribution in [-0.4, -0.2) is 46.9 Å². The van der Waals surface area contributed by atoms with Gasteiger partial charge in [0.05, 0.1) is 6.54 Å². The molecule has 0 aromatic heterocycles. The zero-order valence-corrected chi connectivity index (χ0v) is 12.8. The number of likely N-dealkylation sites (N-methyl/N-ethyl adjacent to an activating group) is 1. The summed E-state index contributed by atoms with van der Waals surface area (Å²) >= 11 is 0. The molecule has 0 unspecified atom stereocenters. The van der Waals surface area contributed by atoms with Crippen LogP contribution in [0.3, 0.4) is 0 Å². The molecule has 1 aromatic rings. The molecule has 132 valence electrons. The van der Waals surface area contributed by atoms with Gasteiger partial charge < -0.3 is 15.3 Å². The molecular formula is C15H16F4N2O3. The number of carbonyl (C=O) groups is 2. The summed E-state index contributed by atoms with van der Waals surface area (Å²) in [6.45, 7) is -0.761. The van der Waals surface area contributed by atoms with Gasteiger partial charge >= 0.3 is 5.92 Å². The third-order valence-electron chi connectivity index (χ3n) is 3.91. The number of amides is 2. The van der Waals surface area contributed by atoms with Crippen LogP contribution in [0.15, 0.2) is 18.2 Å². The molecule has 0 aliphatic heterocycles. The van der Waals surface area contributed by atoms with Gasteiger partial charge in [0.2, 0.25) is 5.91 Å². The van der Waals surface area contributed by atoms with E-state index in [9.17, 15) is 32.3 Å². The van der Waals surface area contributed by atoms with Crippen molar-refractivity contribution in [2.45, 2.75) is 30.8 Å². The van der Waals surface area contributed by atoms with Crippen molar-refractivity contribution in [2.75, 3.05) is 18.9 Å². The standard InChI is InChI=1S/C15H16F4N2O3/c1-21(13(23)15(18,19)14(24)3-2-4-14)8-12(22)20-11-6-9(16)5-10(17)7-11/h5-7,24H,2-4,8H2,1H3,(H,20,22). The van der Waals surface area contributed by atoms with E-state index in [1.165, 1.54) is 0 Å². The number of rotatable bonds is 5. The molecule has 0 spiro atoms. The monoisotopic (exact) mass is 348 g/mol. The van der Waals surface area contributed by atoms with E-state index < -0.39 is 41.5 Å². The summed E-state index contributed by atoms with van der Waals surface area (Å²) in [4.78, 5) is 24.0. The van der Waals surface area contributed by atoms with Gasteiger partial charge in [-0.2, -0.15) is 8.78 Å². The van der Waals surface area contributed by atoms with Gasteiger partial charge in [-0.1, -0.05) is 0 Å². The maximum atomic E-state index is 14.0. The number of alkyl halides is 2. The summed E-state index contributed by atoms with van der Waals surface area (Å²) in [5, 5.41) is 11.8. The number of carbonyl (C=O) groups excluding carboxylic acids is 2. The molecule has 1 aliphatic carbocycles. The molecule has 9 heteroatoms. The van der Waals surface area contributed by atoms with Crippen LogP contribution in [0.5, 0.6) is 0 Å². The largest absolute Gasteiger partial charge is 0.383 e. The predicted octanol–water partition coefficient (Wildman–Crippen LogP) is 1.91. The summed E-state index contributed by atoms with van der Waals surface area (Å²) in [5.41, 5.74) is -2.59. The number of nitrogens with one attached hydrogen (secondary N) is 1. The molecule has 24 heavy (non-hydrogen) atoms. The van der Waals surface area contributed by atoms with Crippen LogP contribution >= 0.6 is 0 Å².